The lowest BCUT2D eigenvalue weighted by Gasteiger charge is -2.34. The van der Waals surface area contributed by atoms with Crippen molar-refractivity contribution in [3.63, 3.8) is 0 Å². The summed E-state index contributed by atoms with van der Waals surface area (Å²) in [5.41, 5.74) is 0.942. The predicted octanol–water partition coefficient (Wildman–Crippen LogP) is 1.12. The zero-order valence-corrected chi connectivity index (χ0v) is 14.0. The van der Waals surface area contributed by atoms with Gasteiger partial charge in [-0.15, -0.1) is 0 Å². The van der Waals surface area contributed by atoms with Crippen LogP contribution in [0.2, 0.25) is 0 Å². The average Bonchev–Trinajstić information content (AvgIpc) is 3.32. The normalized spacial score (nSPS) is 20.8. The highest BCUT2D eigenvalue weighted by atomic mass is 32.2. The van der Waals surface area contributed by atoms with E-state index in [1.807, 2.05) is 19.2 Å². The Balaban J connectivity index is 1.69. The molecular formula is C13H20N4O2S2. The van der Waals surface area contributed by atoms with Crippen molar-refractivity contribution < 1.29 is 8.42 Å². The SMILES string of the molecule is CSc1nc(C)cc(N2CCN(S(=O)(=O)C3CC3)CC2)n1. The van der Waals surface area contributed by atoms with Gasteiger partial charge in [0.1, 0.15) is 5.82 Å². The fourth-order valence-corrected chi connectivity index (χ4v) is 4.77. The molecule has 2 aliphatic rings. The zero-order valence-electron chi connectivity index (χ0n) is 12.3. The van der Waals surface area contributed by atoms with Crippen molar-refractivity contribution in [3.8, 4) is 0 Å². The lowest BCUT2D eigenvalue weighted by Crippen LogP contribution is -2.49. The van der Waals surface area contributed by atoms with E-state index in [0.29, 0.717) is 26.2 Å². The van der Waals surface area contributed by atoms with E-state index in [1.165, 1.54) is 11.8 Å². The lowest BCUT2D eigenvalue weighted by molar-refractivity contribution is 0.382. The van der Waals surface area contributed by atoms with E-state index in [2.05, 4.69) is 14.9 Å². The van der Waals surface area contributed by atoms with E-state index in [0.717, 1.165) is 29.5 Å². The van der Waals surface area contributed by atoms with Crippen molar-refractivity contribution >= 4 is 27.6 Å². The Morgan fingerprint density at radius 2 is 1.86 bits per heavy atom. The summed E-state index contributed by atoms with van der Waals surface area (Å²) in [7, 11) is -3.05. The van der Waals surface area contributed by atoms with Gasteiger partial charge in [0.25, 0.3) is 0 Å². The van der Waals surface area contributed by atoms with E-state index in [-0.39, 0.29) is 5.25 Å². The Labute approximate surface area is 130 Å². The number of hydrogen-bond acceptors (Lipinski definition) is 6. The molecule has 21 heavy (non-hydrogen) atoms. The number of sulfonamides is 1. The molecule has 1 aliphatic heterocycles. The predicted molar refractivity (Wildman–Crippen MR) is 84.3 cm³/mol. The van der Waals surface area contributed by atoms with Crippen LogP contribution in [0, 0.1) is 6.92 Å². The Hall–Kier alpha value is -0.860. The minimum Gasteiger partial charge on any atom is -0.354 e. The summed E-state index contributed by atoms with van der Waals surface area (Å²) in [6, 6.07) is 1.96. The van der Waals surface area contributed by atoms with Crippen LogP contribution in [0.1, 0.15) is 18.5 Å². The number of nitrogens with zero attached hydrogens (tertiary/aromatic N) is 4. The largest absolute Gasteiger partial charge is 0.354 e. The molecule has 1 saturated heterocycles. The van der Waals surface area contributed by atoms with Crippen molar-refractivity contribution in [2.75, 3.05) is 37.3 Å². The fourth-order valence-electron chi connectivity index (χ4n) is 2.53. The molecule has 0 radical (unpaired) electrons. The molecule has 116 valence electrons. The van der Waals surface area contributed by atoms with Crippen LogP contribution in [0.5, 0.6) is 0 Å². The van der Waals surface area contributed by atoms with Gasteiger partial charge in [0, 0.05) is 37.9 Å². The van der Waals surface area contributed by atoms with Crippen LogP contribution < -0.4 is 4.90 Å². The van der Waals surface area contributed by atoms with Gasteiger partial charge in [-0.2, -0.15) is 4.31 Å². The molecule has 3 rings (SSSR count). The van der Waals surface area contributed by atoms with Gasteiger partial charge >= 0.3 is 0 Å². The number of rotatable bonds is 4. The van der Waals surface area contributed by atoms with Crippen LogP contribution in [-0.4, -0.2) is 60.4 Å². The second-order valence-corrected chi connectivity index (χ2v) is 8.47. The molecule has 0 bridgehead atoms. The summed E-state index contributed by atoms with van der Waals surface area (Å²) in [5.74, 6) is 0.898. The van der Waals surface area contributed by atoms with Crippen molar-refractivity contribution in [2.24, 2.45) is 0 Å². The molecule has 1 saturated carbocycles. The number of hydrogen-bond donors (Lipinski definition) is 0. The Bertz CT molecular complexity index is 623. The second-order valence-electron chi connectivity index (χ2n) is 5.48. The van der Waals surface area contributed by atoms with E-state index in [9.17, 15) is 8.42 Å². The summed E-state index contributed by atoms with van der Waals surface area (Å²) in [6.45, 7) is 4.44. The Kier molecular flexibility index (Phi) is 4.11. The highest BCUT2D eigenvalue weighted by molar-refractivity contribution is 7.98. The molecule has 0 spiro atoms. The number of piperazine rings is 1. The van der Waals surface area contributed by atoms with Crippen molar-refractivity contribution in [1.82, 2.24) is 14.3 Å². The third-order valence-electron chi connectivity index (χ3n) is 3.87. The van der Waals surface area contributed by atoms with Crippen LogP contribution in [0.4, 0.5) is 5.82 Å². The first-order chi connectivity index (χ1) is 10.0. The van der Waals surface area contributed by atoms with Crippen LogP contribution in [0.25, 0.3) is 0 Å². The highest BCUT2D eigenvalue weighted by Gasteiger charge is 2.41. The van der Waals surface area contributed by atoms with Gasteiger partial charge < -0.3 is 4.90 Å². The van der Waals surface area contributed by atoms with Gasteiger partial charge in [-0.3, -0.25) is 0 Å². The van der Waals surface area contributed by atoms with Gasteiger partial charge in [-0.1, -0.05) is 11.8 Å². The topological polar surface area (TPSA) is 66.4 Å². The van der Waals surface area contributed by atoms with Crippen molar-refractivity contribution in [1.29, 1.82) is 0 Å². The molecule has 1 aromatic rings. The van der Waals surface area contributed by atoms with Crippen LogP contribution in [-0.2, 0) is 10.0 Å². The first-order valence-electron chi connectivity index (χ1n) is 7.14. The van der Waals surface area contributed by atoms with Gasteiger partial charge in [0.05, 0.1) is 5.25 Å². The number of anilines is 1. The molecule has 2 heterocycles. The number of thioether (sulfide) groups is 1. The molecule has 2 fully saturated rings. The minimum absolute atomic E-state index is 0.117. The summed E-state index contributed by atoms with van der Waals surface area (Å²) < 4.78 is 26.1. The maximum Gasteiger partial charge on any atom is 0.217 e. The molecule has 0 unspecified atom stereocenters. The average molecular weight is 328 g/mol. The van der Waals surface area contributed by atoms with E-state index < -0.39 is 10.0 Å². The highest BCUT2D eigenvalue weighted by Crippen LogP contribution is 2.31. The third-order valence-corrected chi connectivity index (χ3v) is 6.82. The molecule has 1 aromatic heterocycles. The van der Waals surface area contributed by atoms with Crippen LogP contribution in [0.3, 0.4) is 0 Å². The molecule has 0 atom stereocenters. The summed E-state index contributed by atoms with van der Waals surface area (Å²) in [4.78, 5) is 11.0. The maximum absolute atomic E-state index is 12.2. The van der Waals surface area contributed by atoms with Crippen LogP contribution >= 0.6 is 11.8 Å². The first-order valence-corrected chi connectivity index (χ1v) is 9.87. The molecule has 0 N–H and O–H groups in total. The molecule has 6 nitrogen and oxygen atoms in total. The standard InChI is InChI=1S/C13H20N4O2S2/c1-10-9-12(15-13(14-10)20-2)16-5-7-17(8-6-16)21(18,19)11-3-4-11/h9,11H,3-8H2,1-2H3. The van der Waals surface area contributed by atoms with Crippen molar-refractivity contribution in [2.45, 2.75) is 30.2 Å². The third kappa shape index (κ3) is 3.17. The summed E-state index contributed by atoms with van der Waals surface area (Å²) >= 11 is 1.52. The van der Waals surface area contributed by atoms with Gasteiger partial charge in [0.15, 0.2) is 5.16 Å². The van der Waals surface area contributed by atoms with E-state index in [1.54, 1.807) is 4.31 Å². The second kappa shape index (κ2) is 5.73. The Morgan fingerprint density at radius 1 is 1.19 bits per heavy atom. The Morgan fingerprint density at radius 3 is 2.43 bits per heavy atom. The lowest BCUT2D eigenvalue weighted by atomic mass is 10.3. The number of aryl methyl sites for hydroxylation is 1. The fraction of sp³-hybridized carbons (Fsp3) is 0.692. The zero-order chi connectivity index (χ0) is 15.0. The van der Waals surface area contributed by atoms with Gasteiger partial charge in [0.2, 0.25) is 10.0 Å². The monoisotopic (exact) mass is 328 g/mol. The molecule has 0 aromatic carbocycles. The van der Waals surface area contributed by atoms with Gasteiger partial charge in [-0.05, 0) is 26.0 Å². The molecule has 1 aliphatic carbocycles. The summed E-state index contributed by atoms with van der Waals surface area (Å²) in [6.07, 6.45) is 3.61. The van der Waals surface area contributed by atoms with E-state index in [4.69, 9.17) is 0 Å². The minimum atomic E-state index is -3.05. The van der Waals surface area contributed by atoms with Crippen LogP contribution in [0.15, 0.2) is 11.2 Å². The molecular weight excluding hydrogens is 308 g/mol. The van der Waals surface area contributed by atoms with E-state index >= 15 is 0 Å². The smallest absolute Gasteiger partial charge is 0.217 e. The van der Waals surface area contributed by atoms with Gasteiger partial charge in [-0.25, -0.2) is 18.4 Å². The molecule has 8 heteroatoms. The maximum atomic E-state index is 12.2. The number of aromatic nitrogens is 2. The summed E-state index contributed by atoms with van der Waals surface area (Å²) in [5, 5.41) is 0.645. The quantitative estimate of drug-likeness (QED) is 0.609. The molecule has 0 amide bonds. The first kappa shape index (κ1) is 15.1. The van der Waals surface area contributed by atoms with Crippen molar-refractivity contribution in [3.05, 3.63) is 11.8 Å².